The Morgan fingerprint density at radius 3 is 1.38 bits per heavy atom. The molecule has 6 aliphatic rings. The molecule has 1 atom stereocenters. The lowest BCUT2D eigenvalue weighted by molar-refractivity contribution is -0.232. The van der Waals surface area contributed by atoms with E-state index in [0.717, 1.165) is 25.2 Å². The third-order valence-electron chi connectivity index (χ3n) is 10.4. The first-order valence-electron chi connectivity index (χ1n) is 13.8. The first kappa shape index (κ1) is 29.9. The highest BCUT2D eigenvalue weighted by Crippen LogP contribution is 2.78. The number of rotatable bonds is 9. The normalized spacial score (nSPS) is 31.4. The second kappa shape index (κ2) is 10.3. The van der Waals surface area contributed by atoms with Gasteiger partial charge in [0.2, 0.25) is 0 Å². The zero-order chi connectivity index (χ0) is 29.3. The van der Waals surface area contributed by atoms with Crippen LogP contribution >= 0.6 is 46.4 Å². The van der Waals surface area contributed by atoms with E-state index < -0.39 is 5.97 Å². The van der Waals surface area contributed by atoms with Crippen molar-refractivity contribution >= 4 is 63.9 Å². The van der Waals surface area contributed by atoms with E-state index >= 15 is 0 Å². The molecule has 1 N–H and O–H groups in total. The summed E-state index contributed by atoms with van der Waals surface area (Å²) in [6, 6.07) is 10.1. The van der Waals surface area contributed by atoms with Crippen LogP contribution in [-0.4, -0.2) is 22.6 Å². The highest BCUT2D eigenvalue weighted by atomic mass is 35.5. The van der Waals surface area contributed by atoms with Gasteiger partial charge >= 0.3 is 5.97 Å². The van der Waals surface area contributed by atoms with Gasteiger partial charge in [0.25, 0.3) is 0 Å². The minimum atomic E-state index is -0.737. The van der Waals surface area contributed by atoms with Crippen molar-refractivity contribution in [1.82, 2.24) is 0 Å². The average molecular weight is 624 g/mol. The summed E-state index contributed by atoms with van der Waals surface area (Å²) < 4.78 is 0. The van der Waals surface area contributed by atoms with E-state index in [4.69, 9.17) is 51.5 Å². The van der Waals surface area contributed by atoms with Crippen LogP contribution in [0.25, 0.3) is 0 Å². The molecular weight excluding hydrogens is 590 g/mol. The number of carbonyl (C=O) groups is 3. The van der Waals surface area contributed by atoms with Gasteiger partial charge in [-0.25, -0.2) is 0 Å². The van der Waals surface area contributed by atoms with Crippen molar-refractivity contribution in [3.8, 4) is 0 Å². The summed E-state index contributed by atoms with van der Waals surface area (Å²) in [4.78, 5) is 35.7. The number of carbonyl (C=O) groups excluding carboxylic acids is 2. The van der Waals surface area contributed by atoms with Crippen molar-refractivity contribution in [2.75, 3.05) is 0 Å². The lowest BCUT2D eigenvalue weighted by atomic mass is 9.31. The number of hydrogen-bond donors (Lipinski definition) is 1. The molecule has 8 rings (SSSR count). The molecule has 2 aromatic rings. The van der Waals surface area contributed by atoms with Gasteiger partial charge in [0, 0.05) is 24.0 Å². The summed E-state index contributed by atoms with van der Waals surface area (Å²) in [5.41, 5.74) is 2.08. The molecule has 1 unspecified atom stereocenters. The molecule has 4 nitrogen and oxygen atoms in total. The Bertz CT molecular complexity index is 1360. The third-order valence-corrected chi connectivity index (χ3v) is 11.9. The Balaban J connectivity index is 0.000000162. The van der Waals surface area contributed by atoms with Gasteiger partial charge in [0.1, 0.15) is 0 Å². The SMILES string of the molecule is CC(C(=O)O)C12CC(CC(=O)c3ccc(Cl)c(Cl)c3)(C1)C2.CC(C)C12CC(CC(=O)c3ccc(Cl)c(Cl)c3)(C1)C2. The average Bonchev–Trinajstić information content (AvgIpc) is 2.79. The maximum Gasteiger partial charge on any atom is 0.306 e. The van der Waals surface area contributed by atoms with Crippen LogP contribution in [0.3, 0.4) is 0 Å². The fourth-order valence-corrected chi connectivity index (χ4v) is 8.70. The summed E-state index contributed by atoms with van der Waals surface area (Å²) in [6.45, 7) is 6.36. The molecule has 214 valence electrons. The molecule has 0 radical (unpaired) electrons. The smallest absolute Gasteiger partial charge is 0.306 e. The lowest BCUT2D eigenvalue weighted by Gasteiger charge is -2.73. The summed E-state index contributed by atoms with van der Waals surface area (Å²) in [5.74, 6) is -0.0477. The van der Waals surface area contributed by atoms with Crippen molar-refractivity contribution < 1.29 is 19.5 Å². The molecule has 0 aromatic heterocycles. The van der Waals surface area contributed by atoms with Gasteiger partial charge in [-0.1, -0.05) is 67.2 Å². The molecule has 40 heavy (non-hydrogen) atoms. The van der Waals surface area contributed by atoms with Gasteiger partial charge < -0.3 is 5.11 Å². The molecule has 4 bridgehead atoms. The second-order valence-corrected chi connectivity index (χ2v) is 15.1. The zero-order valence-electron chi connectivity index (χ0n) is 23.0. The van der Waals surface area contributed by atoms with Gasteiger partial charge in [0.05, 0.1) is 26.0 Å². The molecule has 0 amide bonds. The van der Waals surface area contributed by atoms with Gasteiger partial charge in [0.15, 0.2) is 11.6 Å². The Labute approximate surface area is 255 Å². The van der Waals surface area contributed by atoms with E-state index in [-0.39, 0.29) is 28.3 Å². The van der Waals surface area contributed by atoms with Crippen LogP contribution in [0.2, 0.25) is 20.1 Å². The maximum atomic E-state index is 12.3. The molecular formula is C32H34Cl4O4. The van der Waals surface area contributed by atoms with Crippen molar-refractivity contribution in [3.05, 3.63) is 67.6 Å². The number of hydrogen-bond acceptors (Lipinski definition) is 3. The van der Waals surface area contributed by atoms with Crippen molar-refractivity contribution in [3.63, 3.8) is 0 Å². The predicted octanol–water partition coefficient (Wildman–Crippen LogP) is 9.85. The number of halogens is 4. The largest absolute Gasteiger partial charge is 0.481 e. The summed E-state index contributed by atoms with van der Waals surface area (Å²) in [7, 11) is 0. The highest BCUT2D eigenvalue weighted by molar-refractivity contribution is 6.42. The Morgan fingerprint density at radius 1 is 0.675 bits per heavy atom. The standard InChI is InChI=1S/C16H16Cl2O3.C16H18Cl2O/c1-9(14(20)21)16-6-15(7-16,8-16)5-13(19)10-2-3-11(17)12(18)4-10;1-10(2)16-7-15(8-16,9-16)6-14(19)11-3-4-12(17)13(18)5-11/h2-4,9H,5-8H2,1H3,(H,20,21);3-5,10H,6-9H2,1-2H3. The maximum absolute atomic E-state index is 12.3. The van der Waals surface area contributed by atoms with E-state index in [1.807, 2.05) is 0 Å². The van der Waals surface area contributed by atoms with E-state index in [1.54, 1.807) is 43.3 Å². The quantitative estimate of drug-likeness (QED) is 0.282. The Kier molecular flexibility index (Phi) is 7.69. The van der Waals surface area contributed by atoms with Crippen LogP contribution in [0, 0.1) is 33.5 Å². The van der Waals surface area contributed by atoms with Crippen LogP contribution in [0.15, 0.2) is 36.4 Å². The molecule has 0 saturated heterocycles. The van der Waals surface area contributed by atoms with Crippen LogP contribution in [0.5, 0.6) is 0 Å². The molecule has 6 fully saturated rings. The van der Waals surface area contributed by atoms with Gasteiger partial charge in [-0.3, -0.25) is 14.4 Å². The van der Waals surface area contributed by atoms with Crippen LogP contribution in [-0.2, 0) is 4.79 Å². The summed E-state index contributed by atoms with van der Waals surface area (Å²) in [5, 5.41) is 10.9. The number of benzene rings is 2. The highest BCUT2D eigenvalue weighted by Gasteiger charge is 2.70. The van der Waals surface area contributed by atoms with E-state index in [9.17, 15) is 14.4 Å². The van der Waals surface area contributed by atoms with Gasteiger partial charge in [-0.05, 0) is 103 Å². The number of carboxylic acid groups (broad SMARTS) is 1. The molecule has 0 heterocycles. The molecule has 2 aromatic carbocycles. The summed E-state index contributed by atoms with van der Waals surface area (Å²) >= 11 is 23.6. The first-order valence-corrected chi connectivity index (χ1v) is 15.3. The number of Topliss-reactive ketones (excluding diaryl/α,β-unsaturated/α-hetero) is 2. The molecule has 6 saturated carbocycles. The van der Waals surface area contributed by atoms with E-state index in [1.165, 1.54) is 19.3 Å². The number of ketones is 2. The van der Waals surface area contributed by atoms with E-state index in [2.05, 4.69) is 13.8 Å². The predicted molar refractivity (Wildman–Crippen MR) is 160 cm³/mol. The lowest BCUT2D eigenvalue weighted by Crippen LogP contribution is -2.66. The fourth-order valence-electron chi connectivity index (χ4n) is 8.10. The fraction of sp³-hybridized carbons (Fsp3) is 0.531. The number of carboxylic acids is 1. The topological polar surface area (TPSA) is 71.4 Å². The van der Waals surface area contributed by atoms with Crippen molar-refractivity contribution in [1.29, 1.82) is 0 Å². The van der Waals surface area contributed by atoms with Crippen molar-refractivity contribution in [2.45, 2.75) is 72.1 Å². The molecule has 6 aliphatic carbocycles. The minimum Gasteiger partial charge on any atom is -0.481 e. The molecule has 0 aliphatic heterocycles. The Morgan fingerprint density at radius 2 is 1.05 bits per heavy atom. The molecule has 8 heteroatoms. The van der Waals surface area contributed by atoms with Crippen LogP contribution in [0.4, 0.5) is 0 Å². The monoisotopic (exact) mass is 622 g/mol. The zero-order valence-corrected chi connectivity index (χ0v) is 26.0. The van der Waals surface area contributed by atoms with Crippen molar-refractivity contribution in [2.24, 2.45) is 33.5 Å². The minimum absolute atomic E-state index is 0.0207. The molecule has 0 spiro atoms. The van der Waals surface area contributed by atoms with Crippen LogP contribution in [0.1, 0.15) is 92.9 Å². The van der Waals surface area contributed by atoms with E-state index in [0.29, 0.717) is 54.9 Å². The van der Waals surface area contributed by atoms with Crippen LogP contribution < -0.4 is 0 Å². The third kappa shape index (κ3) is 5.12. The van der Waals surface area contributed by atoms with Gasteiger partial charge in [-0.15, -0.1) is 0 Å². The number of aliphatic carboxylic acids is 1. The Hall–Kier alpha value is -1.59. The first-order chi connectivity index (χ1) is 18.6. The second-order valence-electron chi connectivity index (χ2n) is 13.5. The summed E-state index contributed by atoms with van der Waals surface area (Å²) in [6.07, 6.45) is 7.36. The van der Waals surface area contributed by atoms with Gasteiger partial charge in [-0.2, -0.15) is 0 Å².